The first-order valence-corrected chi connectivity index (χ1v) is 8.75. The first-order valence-electron chi connectivity index (χ1n) is 7.87. The predicted molar refractivity (Wildman–Crippen MR) is 92.5 cm³/mol. The SMILES string of the molecule is Cc1cc(N2CC(C(=O)NCc3nc(C(=O)O)cs3)CC2=O)ccc1F. The van der Waals surface area contributed by atoms with Crippen LogP contribution in [-0.2, 0) is 16.1 Å². The zero-order valence-electron chi connectivity index (χ0n) is 13.9. The Hall–Kier alpha value is -2.81. The number of thiazole rings is 1. The Morgan fingerprint density at radius 3 is 2.88 bits per heavy atom. The average molecular weight is 377 g/mol. The summed E-state index contributed by atoms with van der Waals surface area (Å²) in [6, 6.07) is 4.40. The minimum Gasteiger partial charge on any atom is -0.476 e. The molecule has 2 aromatic rings. The molecule has 9 heteroatoms. The molecular weight excluding hydrogens is 361 g/mol. The van der Waals surface area contributed by atoms with Crippen molar-refractivity contribution in [1.82, 2.24) is 10.3 Å². The summed E-state index contributed by atoms with van der Waals surface area (Å²) in [5, 5.41) is 13.4. The number of anilines is 1. The number of carbonyl (C=O) groups is 3. The van der Waals surface area contributed by atoms with Gasteiger partial charge in [0.15, 0.2) is 5.69 Å². The molecule has 26 heavy (non-hydrogen) atoms. The lowest BCUT2D eigenvalue weighted by atomic mass is 10.1. The zero-order valence-corrected chi connectivity index (χ0v) is 14.7. The van der Waals surface area contributed by atoms with Crippen molar-refractivity contribution in [2.24, 2.45) is 5.92 Å². The Morgan fingerprint density at radius 1 is 1.46 bits per heavy atom. The van der Waals surface area contributed by atoms with Crippen molar-refractivity contribution in [3.63, 3.8) is 0 Å². The maximum absolute atomic E-state index is 13.4. The summed E-state index contributed by atoms with van der Waals surface area (Å²) in [7, 11) is 0. The molecule has 7 nitrogen and oxygen atoms in total. The van der Waals surface area contributed by atoms with Crippen LogP contribution in [0.2, 0.25) is 0 Å². The quantitative estimate of drug-likeness (QED) is 0.830. The Balaban J connectivity index is 1.61. The predicted octanol–water partition coefficient (Wildman–Crippen LogP) is 1.96. The number of carboxylic acids is 1. The van der Waals surface area contributed by atoms with Gasteiger partial charge in [-0.3, -0.25) is 9.59 Å². The maximum atomic E-state index is 13.4. The Kier molecular flexibility index (Phi) is 4.99. The van der Waals surface area contributed by atoms with Gasteiger partial charge in [-0.2, -0.15) is 0 Å². The van der Waals surface area contributed by atoms with Crippen LogP contribution >= 0.6 is 11.3 Å². The van der Waals surface area contributed by atoms with Crippen molar-refractivity contribution >= 4 is 34.8 Å². The van der Waals surface area contributed by atoms with Crippen molar-refractivity contribution in [1.29, 1.82) is 0 Å². The molecule has 0 spiro atoms. The van der Waals surface area contributed by atoms with Crippen molar-refractivity contribution in [2.45, 2.75) is 19.9 Å². The second-order valence-corrected chi connectivity index (χ2v) is 6.93. The van der Waals surface area contributed by atoms with Gasteiger partial charge in [0.2, 0.25) is 11.8 Å². The van der Waals surface area contributed by atoms with E-state index in [1.54, 1.807) is 13.0 Å². The number of rotatable bonds is 5. The minimum absolute atomic E-state index is 0.0619. The highest BCUT2D eigenvalue weighted by Crippen LogP contribution is 2.26. The fraction of sp³-hybridized carbons (Fsp3) is 0.294. The highest BCUT2D eigenvalue weighted by molar-refractivity contribution is 7.09. The second kappa shape index (κ2) is 7.20. The van der Waals surface area contributed by atoms with E-state index in [-0.39, 0.29) is 42.8 Å². The van der Waals surface area contributed by atoms with E-state index < -0.39 is 11.9 Å². The average Bonchev–Trinajstić information content (AvgIpc) is 3.22. The first-order chi connectivity index (χ1) is 12.3. The molecule has 1 fully saturated rings. The van der Waals surface area contributed by atoms with Gasteiger partial charge in [-0.1, -0.05) is 0 Å². The highest BCUT2D eigenvalue weighted by atomic mass is 32.1. The molecule has 1 aliphatic heterocycles. The molecule has 0 aliphatic carbocycles. The zero-order chi connectivity index (χ0) is 18.8. The summed E-state index contributed by atoms with van der Waals surface area (Å²) in [4.78, 5) is 40.7. The third-order valence-electron chi connectivity index (χ3n) is 4.13. The Bertz CT molecular complexity index is 883. The number of nitrogens with one attached hydrogen (secondary N) is 1. The molecule has 2 N–H and O–H groups in total. The van der Waals surface area contributed by atoms with Gasteiger partial charge in [0.1, 0.15) is 10.8 Å². The number of nitrogens with zero attached hydrogens (tertiary/aromatic N) is 2. The van der Waals surface area contributed by atoms with Gasteiger partial charge in [0, 0.05) is 24.0 Å². The number of benzene rings is 1. The molecule has 0 saturated carbocycles. The van der Waals surface area contributed by atoms with Crippen molar-refractivity contribution in [3.8, 4) is 0 Å². The third kappa shape index (κ3) is 3.72. The van der Waals surface area contributed by atoms with E-state index in [1.807, 2.05) is 0 Å². The molecule has 1 aromatic heterocycles. The smallest absolute Gasteiger partial charge is 0.355 e. The third-order valence-corrected chi connectivity index (χ3v) is 4.98. The second-order valence-electron chi connectivity index (χ2n) is 5.99. The summed E-state index contributed by atoms with van der Waals surface area (Å²) in [5.41, 5.74) is 0.935. The van der Waals surface area contributed by atoms with Crippen LogP contribution in [0.1, 0.15) is 27.5 Å². The van der Waals surface area contributed by atoms with E-state index in [0.717, 1.165) is 11.3 Å². The fourth-order valence-corrected chi connectivity index (χ4v) is 3.43. The molecule has 2 amide bonds. The van der Waals surface area contributed by atoms with Gasteiger partial charge < -0.3 is 15.3 Å². The van der Waals surface area contributed by atoms with E-state index in [4.69, 9.17) is 5.11 Å². The number of aryl methyl sites for hydroxylation is 1. The van der Waals surface area contributed by atoms with Gasteiger partial charge in [0.05, 0.1) is 12.5 Å². The molecule has 1 aromatic carbocycles. The minimum atomic E-state index is -1.12. The maximum Gasteiger partial charge on any atom is 0.355 e. The molecule has 3 rings (SSSR count). The standard InChI is InChI=1S/C17H16FN3O4S/c1-9-4-11(2-3-12(9)18)21-7-10(5-15(21)22)16(23)19-6-14-20-13(8-26-14)17(24)25/h2-4,8,10H,5-7H2,1H3,(H,19,23)(H,24,25). The first kappa shape index (κ1) is 18.0. The molecule has 1 aliphatic rings. The van der Waals surface area contributed by atoms with E-state index in [2.05, 4.69) is 10.3 Å². The lowest BCUT2D eigenvalue weighted by Gasteiger charge is -2.17. The number of aromatic carboxylic acids is 1. The number of hydrogen-bond donors (Lipinski definition) is 2. The molecular formula is C17H16FN3O4S. The number of carboxylic acid groups (broad SMARTS) is 1. The van der Waals surface area contributed by atoms with Gasteiger partial charge >= 0.3 is 5.97 Å². The monoisotopic (exact) mass is 377 g/mol. The fourth-order valence-electron chi connectivity index (χ4n) is 2.73. The summed E-state index contributed by atoms with van der Waals surface area (Å²) in [5.74, 6) is -2.48. The number of halogens is 1. The van der Waals surface area contributed by atoms with Crippen molar-refractivity contribution < 1.29 is 23.9 Å². The van der Waals surface area contributed by atoms with E-state index in [9.17, 15) is 18.8 Å². The molecule has 0 radical (unpaired) electrons. The molecule has 1 unspecified atom stereocenters. The summed E-state index contributed by atoms with van der Waals surface area (Å²) < 4.78 is 13.4. The molecule has 1 atom stereocenters. The van der Waals surface area contributed by atoms with Gasteiger partial charge in [-0.05, 0) is 30.7 Å². The molecule has 1 saturated heterocycles. The normalized spacial score (nSPS) is 16.8. The van der Waals surface area contributed by atoms with Crippen LogP contribution in [0.4, 0.5) is 10.1 Å². The van der Waals surface area contributed by atoms with Crippen LogP contribution < -0.4 is 10.2 Å². The van der Waals surface area contributed by atoms with Crippen LogP contribution in [0.5, 0.6) is 0 Å². The summed E-state index contributed by atoms with van der Waals surface area (Å²) in [6.45, 7) is 1.94. The highest BCUT2D eigenvalue weighted by Gasteiger charge is 2.35. The van der Waals surface area contributed by atoms with Gasteiger partial charge in [-0.25, -0.2) is 14.2 Å². The van der Waals surface area contributed by atoms with Gasteiger partial charge in [0.25, 0.3) is 0 Å². The topological polar surface area (TPSA) is 99.6 Å². The van der Waals surface area contributed by atoms with Crippen molar-refractivity contribution in [3.05, 3.63) is 45.7 Å². The van der Waals surface area contributed by atoms with Crippen LogP contribution in [0.15, 0.2) is 23.6 Å². The van der Waals surface area contributed by atoms with E-state index in [0.29, 0.717) is 16.3 Å². The molecule has 0 bridgehead atoms. The summed E-state index contributed by atoms with van der Waals surface area (Å²) in [6.07, 6.45) is 0.0699. The molecule has 2 heterocycles. The number of hydrogen-bond acceptors (Lipinski definition) is 5. The van der Waals surface area contributed by atoms with Crippen LogP contribution in [-0.4, -0.2) is 34.4 Å². The van der Waals surface area contributed by atoms with Crippen LogP contribution in [0.3, 0.4) is 0 Å². The number of carbonyl (C=O) groups excluding carboxylic acids is 2. The van der Waals surface area contributed by atoms with Crippen LogP contribution in [0.25, 0.3) is 0 Å². The summed E-state index contributed by atoms with van der Waals surface area (Å²) >= 11 is 1.14. The Labute approximate surface area is 152 Å². The van der Waals surface area contributed by atoms with Gasteiger partial charge in [-0.15, -0.1) is 11.3 Å². The Morgan fingerprint density at radius 2 is 2.23 bits per heavy atom. The number of amides is 2. The lowest BCUT2D eigenvalue weighted by Crippen LogP contribution is -2.32. The van der Waals surface area contributed by atoms with Crippen LogP contribution in [0, 0.1) is 18.7 Å². The van der Waals surface area contributed by atoms with Crippen molar-refractivity contribution in [2.75, 3.05) is 11.4 Å². The largest absolute Gasteiger partial charge is 0.476 e. The number of aromatic nitrogens is 1. The molecule has 136 valence electrons. The lowest BCUT2D eigenvalue weighted by molar-refractivity contribution is -0.126. The van der Waals surface area contributed by atoms with E-state index >= 15 is 0 Å². The van der Waals surface area contributed by atoms with E-state index in [1.165, 1.54) is 22.4 Å².